The highest BCUT2D eigenvalue weighted by Crippen LogP contribution is 2.22. The highest BCUT2D eigenvalue weighted by molar-refractivity contribution is 7.19. The largest absolute Gasteiger partial charge is 0.452 e. The second-order valence-corrected chi connectivity index (χ2v) is 5.46. The van der Waals surface area contributed by atoms with Crippen molar-refractivity contribution in [2.75, 3.05) is 11.9 Å². The fourth-order valence-electron chi connectivity index (χ4n) is 1.74. The Morgan fingerprint density at radius 1 is 1.30 bits per heavy atom. The molecule has 0 radical (unpaired) electrons. The average Bonchev–Trinajstić information content (AvgIpc) is 3.19. The van der Waals surface area contributed by atoms with Crippen molar-refractivity contribution in [1.82, 2.24) is 10.1 Å². The van der Waals surface area contributed by atoms with Gasteiger partial charge in [-0.3, -0.25) is 4.79 Å². The Morgan fingerprint density at radius 3 is 2.96 bits per heavy atom. The molecule has 1 N–H and O–H groups in total. The third-order valence-corrected chi connectivity index (χ3v) is 3.72. The zero-order chi connectivity index (χ0) is 16.1. The van der Waals surface area contributed by atoms with E-state index in [0.29, 0.717) is 5.01 Å². The summed E-state index contributed by atoms with van der Waals surface area (Å²) < 4.78 is 10.4. The zero-order valence-electron chi connectivity index (χ0n) is 11.8. The molecule has 0 aliphatic carbocycles. The Kier molecular flexibility index (Phi) is 4.44. The number of thiazole rings is 1. The van der Waals surface area contributed by atoms with Crippen LogP contribution in [0.2, 0.25) is 0 Å². The van der Waals surface area contributed by atoms with E-state index in [2.05, 4.69) is 20.0 Å². The van der Waals surface area contributed by atoms with E-state index in [-0.39, 0.29) is 5.82 Å². The molecule has 0 saturated carbocycles. The van der Waals surface area contributed by atoms with Gasteiger partial charge in [0, 0.05) is 12.1 Å². The first-order valence-electron chi connectivity index (χ1n) is 6.61. The fraction of sp³-hybridized carbons (Fsp3) is 0.0667. The molecule has 1 amide bonds. The predicted molar refractivity (Wildman–Crippen MR) is 84.7 cm³/mol. The van der Waals surface area contributed by atoms with Crippen molar-refractivity contribution >= 4 is 45.3 Å². The number of fused-ring (bicyclic) bond motifs is 1. The van der Waals surface area contributed by atoms with Gasteiger partial charge in [0.05, 0.1) is 10.2 Å². The number of ether oxygens (including phenoxy) is 1. The van der Waals surface area contributed by atoms with Crippen molar-refractivity contribution in [3.05, 3.63) is 47.7 Å². The van der Waals surface area contributed by atoms with E-state index >= 15 is 0 Å². The summed E-state index contributed by atoms with van der Waals surface area (Å²) in [6, 6.07) is 9.16. The summed E-state index contributed by atoms with van der Waals surface area (Å²) in [5.74, 6) is -0.865. The Bertz CT molecular complexity index is 822. The monoisotopic (exact) mass is 329 g/mol. The van der Waals surface area contributed by atoms with Crippen molar-refractivity contribution in [2.45, 2.75) is 0 Å². The van der Waals surface area contributed by atoms with Crippen LogP contribution in [0.1, 0.15) is 5.01 Å². The summed E-state index contributed by atoms with van der Waals surface area (Å²) in [7, 11) is 0. The number of rotatable bonds is 5. The summed E-state index contributed by atoms with van der Waals surface area (Å²) in [4.78, 5) is 27.5. The number of esters is 1. The zero-order valence-corrected chi connectivity index (χ0v) is 12.6. The normalized spacial score (nSPS) is 11.0. The highest BCUT2D eigenvalue weighted by atomic mass is 32.1. The molecule has 0 aliphatic rings. The van der Waals surface area contributed by atoms with Gasteiger partial charge in [0.15, 0.2) is 12.4 Å². The SMILES string of the molecule is O=C(COC(=O)/C=C/c1nc2ccccc2s1)Nc1ccon1. The van der Waals surface area contributed by atoms with Gasteiger partial charge in [-0.1, -0.05) is 17.3 Å². The minimum absolute atomic E-state index is 0.260. The van der Waals surface area contributed by atoms with Crippen molar-refractivity contribution in [3.63, 3.8) is 0 Å². The van der Waals surface area contributed by atoms with Crippen LogP contribution in [0.15, 0.2) is 47.2 Å². The lowest BCUT2D eigenvalue weighted by Gasteiger charge is -2.01. The predicted octanol–water partition coefficient (Wildman–Crippen LogP) is 2.48. The van der Waals surface area contributed by atoms with Crippen LogP contribution in [0.4, 0.5) is 5.82 Å². The van der Waals surface area contributed by atoms with E-state index in [1.54, 1.807) is 6.08 Å². The number of nitrogens with one attached hydrogen (secondary N) is 1. The smallest absolute Gasteiger partial charge is 0.331 e. The number of nitrogens with zero attached hydrogens (tertiary/aromatic N) is 2. The van der Waals surface area contributed by atoms with Crippen LogP contribution in [0.5, 0.6) is 0 Å². The quantitative estimate of drug-likeness (QED) is 0.571. The molecule has 2 heterocycles. The molecule has 23 heavy (non-hydrogen) atoms. The molecule has 0 fully saturated rings. The Hall–Kier alpha value is -3.00. The number of para-hydroxylation sites is 1. The summed E-state index contributed by atoms with van der Waals surface area (Å²) >= 11 is 1.46. The standard InChI is InChI=1S/C15H11N3O4S/c19-13(17-12-7-8-22-18-12)9-21-15(20)6-5-14-16-10-3-1-2-4-11(10)23-14/h1-8H,9H2,(H,17,18,19)/b6-5+. The van der Waals surface area contributed by atoms with Crippen molar-refractivity contribution < 1.29 is 18.8 Å². The Balaban J connectivity index is 1.51. The van der Waals surface area contributed by atoms with Gasteiger partial charge >= 0.3 is 5.97 Å². The van der Waals surface area contributed by atoms with E-state index in [4.69, 9.17) is 4.74 Å². The molecule has 0 spiro atoms. The minimum atomic E-state index is -0.625. The maximum Gasteiger partial charge on any atom is 0.331 e. The summed E-state index contributed by atoms with van der Waals surface area (Å²) in [5.41, 5.74) is 0.873. The fourth-order valence-corrected chi connectivity index (χ4v) is 2.61. The van der Waals surface area contributed by atoms with Crippen LogP contribution in [0.3, 0.4) is 0 Å². The van der Waals surface area contributed by atoms with Crippen LogP contribution in [0.25, 0.3) is 16.3 Å². The molecule has 116 valence electrons. The third kappa shape index (κ3) is 4.01. The van der Waals surface area contributed by atoms with Crippen molar-refractivity contribution in [2.24, 2.45) is 0 Å². The lowest BCUT2D eigenvalue weighted by atomic mass is 10.3. The molecule has 3 aromatic rings. The number of anilines is 1. The number of hydrogen-bond acceptors (Lipinski definition) is 7. The van der Waals surface area contributed by atoms with Gasteiger partial charge in [-0.05, 0) is 18.2 Å². The van der Waals surface area contributed by atoms with Crippen molar-refractivity contribution in [1.29, 1.82) is 0 Å². The van der Waals surface area contributed by atoms with Gasteiger partial charge < -0.3 is 14.6 Å². The van der Waals surface area contributed by atoms with E-state index in [1.807, 2.05) is 24.3 Å². The number of amides is 1. The maximum absolute atomic E-state index is 11.6. The number of hydrogen-bond donors (Lipinski definition) is 1. The number of benzene rings is 1. The first-order valence-corrected chi connectivity index (χ1v) is 7.43. The molecule has 8 heteroatoms. The average molecular weight is 329 g/mol. The Labute approximate surface area is 134 Å². The van der Waals surface area contributed by atoms with Gasteiger partial charge in [-0.25, -0.2) is 9.78 Å². The molecular formula is C15H11N3O4S. The van der Waals surface area contributed by atoms with Gasteiger partial charge in [0.1, 0.15) is 11.3 Å². The van der Waals surface area contributed by atoms with Gasteiger partial charge in [-0.15, -0.1) is 11.3 Å². The van der Waals surface area contributed by atoms with Crippen LogP contribution in [-0.4, -0.2) is 28.6 Å². The third-order valence-electron chi connectivity index (χ3n) is 2.72. The van der Waals surface area contributed by atoms with Crippen LogP contribution in [0, 0.1) is 0 Å². The molecule has 0 aliphatic heterocycles. The molecule has 0 saturated heterocycles. The number of carbonyl (C=O) groups is 2. The minimum Gasteiger partial charge on any atom is -0.452 e. The van der Waals surface area contributed by atoms with Gasteiger partial charge in [0.25, 0.3) is 5.91 Å². The molecule has 0 unspecified atom stereocenters. The Morgan fingerprint density at radius 2 is 2.17 bits per heavy atom. The molecule has 7 nitrogen and oxygen atoms in total. The molecule has 0 atom stereocenters. The first kappa shape index (κ1) is 14.9. The summed E-state index contributed by atoms with van der Waals surface area (Å²) in [6.07, 6.45) is 4.12. The van der Waals surface area contributed by atoms with E-state index in [1.165, 1.54) is 29.7 Å². The van der Waals surface area contributed by atoms with Crippen LogP contribution >= 0.6 is 11.3 Å². The summed E-state index contributed by atoms with van der Waals surface area (Å²) in [5, 5.41) is 6.62. The molecule has 1 aromatic carbocycles. The highest BCUT2D eigenvalue weighted by Gasteiger charge is 2.07. The summed E-state index contributed by atoms with van der Waals surface area (Å²) in [6.45, 7) is -0.407. The van der Waals surface area contributed by atoms with Crippen molar-refractivity contribution in [3.8, 4) is 0 Å². The molecule has 3 rings (SSSR count). The lowest BCUT2D eigenvalue weighted by molar-refractivity contribution is -0.142. The van der Waals surface area contributed by atoms with Gasteiger partial charge in [0.2, 0.25) is 0 Å². The number of aromatic nitrogens is 2. The second kappa shape index (κ2) is 6.84. The van der Waals surface area contributed by atoms with E-state index in [9.17, 15) is 9.59 Å². The molecule has 2 aromatic heterocycles. The van der Waals surface area contributed by atoms with E-state index < -0.39 is 18.5 Å². The maximum atomic E-state index is 11.6. The number of carbonyl (C=O) groups excluding carboxylic acids is 2. The second-order valence-electron chi connectivity index (χ2n) is 4.39. The topological polar surface area (TPSA) is 94.3 Å². The van der Waals surface area contributed by atoms with Crippen LogP contribution < -0.4 is 5.32 Å². The van der Waals surface area contributed by atoms with Crippen LogP contribution in [-0.2, 0) is 14.3 Å². The molecular weight excluding hydrogens is 318 g/mol. The lowest BCUT2D eigenvalue weighted by Crippen LogP contribution is -2.20. The first-order chi connectivity index (χ1) is 11.2. The molecule has 0 bridgehead atoms. The van der Waals surface area contributed by atoms with Gasteiger partial charge in [-0.2, -0.15) is 0 Å². The van der Waals surface area contributed by atoms with E-state index in [0.717, 1.165) is 10.2 Å².